The third-order valence-electron chi connectivity index (χ3n) is 5.77. The zero-order chi connectivity index (χ0) is 27.3. The fourth-order valence-electron chi connectivity index (χ4n) is 3.97. The number of ether oxygens (including phenoxy) is 1. The van der Waals surface area contributed by atoms with E-state index in [9.17, 15) is 18.0 Å². The summed E-state index contributed by atoms with van der Waals surface area (Å²) in [6, 6.07) is 24.1. The van der Waals surface area contributed by atoms with E-state index in [1.807, 2.05) is 36.4 Å². The van der Waals surface area contributed by atoms with Gasteiger partial charge in [-0.2, -0.15) is 18.3 Å². The Morgan fingerprint density at radius 2 is 1.68 bits per heavy atom. The molecule has 4 rings (SSSR count). The van der Waals surface area contributed by atoms with Crippen molar-refractivity contribution in [3.63, 3.8) is 0 Å². The number of carbonyl (C=O) groups is 1. The van der Waals surface area contributed by atoms with E-state index in [-0.39, 0.29) is 18.3 Å². The molecule has 3 N–H and O–H groups in total. The van der Waals surface area contributed by atoms with Crippen molar-refractivity contribution in [2.45, 2.75) is 32.7 Å². The molecule has 0 aliphatic rings. The molecule has 0 saturated carbocycles. The number of rotatable bonds is 9. The van der Waals surface area contributed by atoms with Gasteiger partial charge in [-0.3, -0.25) is 4.79 Å². The Labute approximate surface area is 219 Å². The van der Waals surface area contributed by atoms with Crippen LogP contribution in [0.4, 0.5) is 18.9 Å². The quantitative estimate of drug-likeness (QED) is 0.268. The van der Waals surface area contributed by atoms with Crippen LogP contribution in [0, 0.1) is 5.92 Å². The minimum atomic E-state index is -4.72. The van der Waals surface area contributed by atoms with Gasteiger partial charge in [-0.1, -0.05) is 68.4 Å². The normalized spacial score (nSPS) is 12.5. The van der Waals surface area contributed by atoms with Crippen molar-refractivity contribution in [1.29, 1.82) is 0 Å². The maximum absolute atomic E-state index is 13.5. The van der Waals surface area contributed by atoms with Gasteiger partial charge in [0.15, 0.2) is 5.69 Å². The number of alkyl halides is 3. The second-order valence-electron chi connectivity index (χ2n) is 9.30. The van der Waals surface area contributed by atoms with Crippen LogP contribution in [0.1, 0.15) is 52.8 Å². The molecule has 1 atom stereocenters. The van der Waals surface area contributed by atoms with Gasteiger partial charge in [-0.15, -0.1) is 0 Å². The number of amides is 1. The van der Waals surface area contributed by atoms with Crippen LogP contribution in [0.2, 0.25) is 0 Å². The van der Waals surface area contributed by atoms with Gasteiger partial charge in [0.2, 0.25) is 0 Å². The van der Waals surface area contributed by atoms with Gasteiger partial charge in [0, 0.05) is 18.3 Å². The number of nitrogens with one attached hydrogen (secondary N) is 1. The minimum absolute atomic E-state index is 0.191. The van der Waals surface area contributed by atoms with Crippen LogP contribution >= 0.6 is 0 Å². The summed E-state index contributed by atoms with van der Waals surface area (Å²) >= 11 is 0. The lowest BCUT2D eigenvalue weighted by Gasteiger charge is -2.21. The fourth-order valence-corrected chi connectivity index (χ4v) is 3.97. The number of carbonyl (C=O) groups excluding carboxylic acids is 1. The minimum Gasteiger partial charge on any atom is -0.369 e. The highest BCUT2D eigenvalue weighted by Crippen LogP contribution is 2.31. The van der Waals surface area contributed by atoms with Crippen molar-refractivity contribution < 1.29 is 22.7 Å². The number of anilines is 1. The van der Waals surface area contributed by atoms with E-state index >= 15 is 0 Å². The van der Waals surface area contributed by atoms with E-state index in [0.717, 1.165) is 21.9 Å². The molecule has 6 nitrogen and oxygen atoms in total. The molecule has 198 valence electrons. The average molecular weight is 523 g/mol. The summed E-state index contributed by atoms with van der Waals surface area (Å²) in [7, 11) is 0. The molecule has 0 aliphatic carbocycles. The summed E-state index contributed by atoms with van der Waals surface area (Å²) in [5.74, 6) is -0.423. The van der Waals surface area contributed by atoms with E-state index in [1.165, 1.54) is 0 Å². The molecule has 1 aromatic heterocycles. The number of nitrogens with zero attached hydrogens (tertiary/aromatic N) is 2. The van der Waals surface area contributed by atoms with E-state index < -0.39 is 17.8 Å². The van der Waals surface area contributed by atoms with Crippen molar-refractivity contribution in [2.75, 3.05) is 11.9 Å². The molecule has 0 aliphatic heterocycles. The Bertz CT molecular complexity index is 1380. The van der Waals surface area contributed by atoms with Gasteiger partial charge in [0.05, 0.1) is 12.3 Å². The summed E-state index contributed by atoms with van der Waals surface area (Å²) in [6.07, 6.45) is -5.10. The zero-order valence-corrected chi connectivity index (χ0v) is 21.1. The van der Waals surface area contributed by atoms with Crippen LogP contribution in [0.3, 0.4) is 0 Å². The van der Waals surface area contributed by atoms with Gasteiger partial charge in [-0.25, -0.2) is 4.68 Å². The predicted molar refractivity (Wildman–Crippen MR) is 140 cm³/mol. The number of hydrogen-bond acceptors (Lipinski definition) is 4. The first-order valence-electron chi connectivity index (χ1n) is 12.2. The Balaban J connectivity index is 1.67. The SMILES string of the molecule is CC(C)COC(c1ccccc1)c1cccc(NC(=O)c2cc(C(F)(F)F)nn2-c2cccc(CN)c2)c1. The maximum Gasteiger partial charge on any atom is 0.435 e. The fraction of sp³-hybridized carbons (Fsp3) is 0.241. The molecule has 0 bridgehead atoms. The smallest absolute Gasteiger partial charge is 0.369 e. The highest BCUT2D eigenvalue weighted by molar-refractivity contribution is 6.03. The molecular weight excluding hydrogens is 493 g/mol. The summed E-state index contributed by atoms with van der Waals surface area (Å²) in [5, 5.41) is 6.41. The van der Waals surface area contributed by atoms with Gasteiger partial charge >= 0.3 is 6.18 Å². The largest absolute Gasteiger partial charge is 0.435 e. The molecule has 1 amide bonds. The Hall–Kier alpha value is -3.95. The van der Waals surface area contributed by atoms with Gasteiger partial charge in [-0.05, 0) is 46.9 Å². The predicted octanol–water partition coefficient (Wildman–Crippen LogP) is 6.36. The Morgan fingerprint density at radius 1 is 0.974 bits per heavy atom. The molecule has 38 heavy (non-hydrogen) atoms. The number of hydrogen-bond donors (Lipinski definition) is 2. The van der Waals surface area contributed by atoms with Crippen LogP contribution in [0.25, 0.3) is 5.69 Å². The van der Waals surface area contributed by atoms with Gasteiger partial charge < -0.3 is 15.8 Å². The Kier molecular flexibility index (Phi) is 8.29. The van der Waals surface area contributed by atoms with E-state index in [2.05, 4.69) is 24.3 Å². The van der Waals surface area contributed by atoms with Gasteiger partial charge in [0.25, 0.3) is 5.91 Å². The summed E-state index contributed by atoms with van der Waals surface area (Å²) in [5.41, 5.74) is 7.43. The first kappa shape index (κ1) is 27.1. The maximum atomic E-state index is 13.5. The van der Waals surface area contributed by atoms with Crippen molar-refractivity contribution in [2.24, 2.45) is 11.7 Å². The lowest BCUT2D eigenvalue weighted by molar-refractivity contribution is -0.141. The van der Waals surface area contributed by atoms with Gasteiger partial charge in [0.1, 0.15) is 11.8 Å². The molecule has 0 radical (unpaired) electrons. The van der Waals surface area contributed by atoms with Crippen LogP contribution in [0.5, 0.6) is 0 Å². The van der Waals surface area contributed by atoms with E-state index in [1.54, 1.807) is 42.5 Å². The average Bonchev–Trinajstić information content (AvgIpc) is 3.36. The summed E-state index contributed by atoms with van der Waals surface area (Å²) in [4.78, 5) is 13.3. The van der Waals surface area contributed by atoms with Crippen molar-refractivity contribution in [3.05, 3.63) is 113 Å². The molecule has 1 heterocycles. The molecule has 0 fully saturated rings. The molecule has 0 saturated heterocycles. The standard InChI is InChI=1S/C29H29F3N4O2/c1-19(2)18-38-27(21-9-4-3-5-10-21)22-11-7-12-23(15-22)34-28(37)25-16-26(29(30,31)32)35-36(25)24-13-6-8-20(14-24)17-33/h3-16,19,27H,17-18,33H2,1-2H3,(H,34,37). The third-order valence-corrected chi connectivity index (χ3v) is 5.77. The lowest BCUT2D eigenvalue weighted by atomic mass is 10.0. The second kappa shape index (κ2) is 11.6. The summed E-state index contributed by atoms with van der Waals surface area (Å²) in [6.45, 7) is 4.83. The van der Waals surface area contributed by atoms with Crippen LogP contribution in [0.15, 0.2) is 84.9 Å². The van der Waals surface area contributed by atoms with E-state index in [4.69, 9.17) is 10.5 Å². The summed E-state index contributed by atoms with van der Waals surface area (Å²) < 4.78 is 47.8. The molecule has 9 heteroatoms. The number of benzene rings is 3. The zero-order valence-electron chi connectivity index (χ0n) is 21.1. The van der Waals surface area contributed by atoms with E-state index in [0.29, 0.717) is 29.5 Å². The lowest BCUT2D eigenvalue weighted by Crippen LogP contribution is -2.17. The number of halogens is 3. The molecule has 3 aromatic carbocycles. The first-order chi connectivity index (χ1) is 18.2. The van der Waals surface area contributed by atoms with Crippen molar-refractivity contribution >= 4 is 11.6 Å². The Morgan fingerprint density at radius 3 is 2.37 bits per heavy atom. The highest BCUT2D eigenvalue weighted by atomic mass is 19.4. The van der Waals surface area contributed by atoms with Crippen LogP contribution in [-0.4, -0.2) is 22.3 Å². The van der Waals surface area contributed by atoms with Crippen molar-refractivity contribution in [1.82, 2.24) is 9.78 Å². The molecule has 0 spiro atoms. The number of nitrogens with two attached hydrogens (primary N) is 1. The van der Waals surface area contributed by atoms with Crippen LogP contribution < -0.4 is 11.1 Å². The monoisotopic (exact) mass is 522 g/mol. The first-order valence-corrected chi connectivity index (χ1v) is 12.2. The molecule has 1 unspecified atom stereocenters. The second-order valence-corrected chi connectivity index (χ2v) is 9.30. The molecular formula is C29H29F3N4O2. The number of aromatic nitrogens is 2. The topological polar surface area (TPSA) is 82.2 Å². The van der Waals surface area contributed by atoms with Crippen LogP contribution in [-0.2, 0) is 17.5 Å². The highest BCUT2D eigenvalue weighted by Gasteiger charge is 2.36. The van der Waals surface area contributed by atoms with Crippen molar-refractivity contribution in [3.8, 4) is 5.69 Å². The molecule has 4 aromatic rings. The third kappa shape index (κ3) is 6.48.